The number of aromatic nitrogens is 3. The van der Waals surface area contributed by atoms with Gasteiger partial charge >= 0.3 is 0 Å². The van der Waals surface area contributed by atoms with Crippen LogP contribution in [0.5, 0.6) is 0 Å². The van der Waals surface area contributed by atoms with E-state index in [0.717, 1.165) is 33.4 Å². The topological polar surface area (TPSA) is 76.7 Å². The number of hydrogen-bond acceptors (Lipinski definition) is 5. The second-order valence-corrected chi connectivity index (χ2v) is 5.11. The summed E-state index contributed by atoms with van der Waals surface area (Å²) in [5.41, 5.74) is 7.43. The molecule has 0 amide bonds. The van der Waals surface area contributed by atoms with Gasteiger partial charge in [-0.2, -0.15) is 0 Å². The quantitative estimate of drug-likeness (QED) is 0.557. The molecule has 0 spiro atoms. The standard InChI is InChI=1S/C16H17N5/c1-9-4-5-12-8-13(6-7-14(12)18-9)16-19-11(3)10(2)15(20-16)21-17/h4-8H,17H2,1-3H3,(H,19,20,21). The van der Waals surface area contributed by atoms with Crippen molar-refractivity contribution < 1.29 is 0 Å². The highest BCUT2D eigenvalue weighted by atomic mass is 15.3. The van der Waals surface area contributed by atoms with E-state index in [-0.39, 0.29) is 0 Å². The Kier molecular flexibility index (Phi) is 3.27. The third kappa shape index (κ3) is 2.43. The van der Waals surface area contributed by atoms with Crippen LogP contribution in [0.4, 0.5) is 5.82 Å². The van der Waals surface area contributed by atoms with Gasteiger partial charge in [0.2, 0.25) is 0 Å². The van der Waals surface area contributed by atoms with Crippen molar-refractivity contribution in [1.82, 2.24) is 15.0 Å². The SMILES string of the molecule is Cc1ccc2cc(-c3nc(C)c(C)c(NN)n3)ccc2n1. The molecule has 0 atom stereocenters. The van der Waals surface area contributed by atoms with Gasteiger partial charge in [-0.1, -0.05) is 6.07 Å². The number of hydrazine groups is 1. The van der Waals surface area contributed by atoms with Crippen LogP contribution in [0.15, 0.2) is 30.3 Å². The second-order valence-electron chi connectivity index (χ2n) is 5.11. The number of aryl methyl sites for hydroxylation is 2. The molecule has 0 aliphatic heterocycles. The van der Waals surface area contributed by atoms with Gasteiger partial charge in [0.15, 0.2) is 5.82 Å². The molecule has 3 N–H and O–H groups in total. The van der Waals surface area contributed by atoms with Gasteiger partial charge in [0.25, 0.3) is 0 Å². The van der Waals surface area contributed by atoms with Gasteiger partial charge in [-0.15, -0.1) is 0 Å². The van der Waals surface area contributed by atoms with Crippen molar-refractivity contribution in [3.63, 3.8) is 0 Å². The predicted molar refractivity (Wildman–Crippen MR) is 84.8 cm³/mol. The van der Waals surface area contributed by atoms with Crippen molar-refractivity contribution in [2.75, 3.05) is 5.43 Å². The number of nitrogens with zero attached hydrogens (tertiary/aromatic N) is 3. The molecule has 0 unspecified atom stereocenters. The molecule has 21 heavy (non-hydrogen) atoms. The number of hydrogen-bond donors (Lipinski definition) is 2. The van der Waals surface area contributed by atoms with E-state index in [2.05, 4.69) is 26.4 Å². The molecular formula is C16H17N5. The van der Waals surface area contributed by atoms with Crippen LogP contribution in [-0.4, -0.2) is 15.0 Å². The van der Waals surface area contributed by atoms with Gasteiger partial charge in [-0.25, -0.2) is 15.8 Å². The molecule has 0 bridgehead atoms. The van der Waals surface area contributed by atoms with Crippen LogP contribution in [0, 0.1) is 20.8 Å². The van der Waals surface area contributed by atoms with Crippen molar-refractivity contribution in [2.24, 2.45) is 5.84 Å². The van der Waals surface area contributed by atoms with E-state index in [1.54, 1.807) is 0 Å². The minimum Gasteiger partial charge on any atom is -0.308 e. The fourth-order valence-corrected chi connectivity index (χ4v) is 2.27. The monoisotopic (exact) mass is 279 g/mol. The third-order valence-electron chi connectivity index (χ3n) is 3.61. The summed E-state index contributed by atoms with van der Waals surface area (Å²) in [6.07, 6.45) is 0. The summed E-state index contributed by atoms with van der Waals surface area (Å²) in [4.78, 5) is 13.5. The number of rotatable bonds is 2. The van der Waals surface area contributed by atoms with E-state index in [0.29, 0.717) is 11.6 Å². The van der Waals surface area contributed by atoms with Crippen LogP contribution in [0.2, 0.25) is 0 Å². The molecule has 3 rings (SSSR count). The number of nitrogens with one attached hydrogen (secondary N) is 1. The van der Waals surface area contributed by atoms with Crippen molar-refractivity contribution in [1.29, 1.82) is 0 Å². The van der Waals surface area contributed by atoms with Gasteiger partial charge < -0.3 is 5.43 Å². The maximum atomic E-state index is 5.52. The summed E-state index contributed by atoms with van der Waals surface area (Å²) in [5, 5.41) is 1.07. The van der Waals surface area contributed by atoms with E-state index < -0.39 is 0 Å². The molecule has 0 fully saturated rings. The Morgan fingerprint density at radius 3 is 2.52 bits per heavy atom. The molecule has 2 heterocycles. The Bertz CT molecular complexity index is 826. The Balaban J connectivity index is 2.16. The zero-order valence-corrected chi connectivity index (χ0v) is 12.3. The second kappa shape index (κ2) is 5.10. The molecule has 0 saturated carbocycles. The molecule has 3 aromatic rings. The van der Waals surface area contributed by atoms with Crippen molar-refractivity contribution in [2.45, 2.75) is 20.8 Å². The lowest BCUT2D eigenvalue weighted by Crippen LogP contribution is -2.12. The summed E-state index contributed by atoms with van der Waals surface area (Å²) < 4.78 is 0. The molecule has 1 aromatic carbocycles. The van der Waals surface area contributed by atoms with Crippen LogP contribution in [0.1, 0.15) is 17.0 Å². The summed E-state index contributed by atoms with van der Waals surface area (Å²) in [6.45, 7) is 5.88. The lowest BCUT2D eigenvalue weighted by atomic mass is 10.1. The third-order valence-corrected chi connectivity index (χ3v) is 3.61. The van der Waals surface area contributed by atoms with Crippen molar-refractivity contribution in [3.8, 4) is 11.4 Å². The van der Waals surface area contributed by atoms with Crippen molar-refractivity contribution >= 4 is 16.7 Å². The minimum atomic E-state index is 0.652. The number of anilines is 1. The van der Waals surface area contributed by atoms with E-state index in [4.69, 9.17) is 5.84 Å². The van der Waals surface area contributed by atoms with E-state index >= 15 is 0 Å². The van der Waals surface area contributed by atoms with Crippen LogP contribution >= 0.6 is 0 Å². The first kappa shape index (κ1) is 13.5. The normalized spacial score (nSPS) is 10.9. The Morgan fingerprint density at radius 1 is 0.952 bits per heavy atom. The van der Waals surface area contributed by atoms with E-state index in [1.165, 1.54) is 0 Å². The number of nitrogen functional groups attached to an aromatic ring is 1. The molecule has 0 saturated heterocycles. The maximum absolute atomic E-state index is 5.52. The summed E-state index contributed by atoms with van der Waals surface area (Å²) in [6, 6.07) is 10.1. The smallest absolute Gasteiger partial charge is 0.161 e. The number of fused-ring (bicyclic) bond motifs is 1. The van der Waals surface area contributed by atoms with Crippen LogP contribution in [0.3, 0.4) is 0 Å². The first-order chi connectivity index (χ1) is 10.1. The summed E-state index contributed by atoms with van der Waals surface area (Å²) in [5.74, 6) is 6.84. The summed E-state index contributed by atoms with van der Waals surface area (Å²) in [7, 11) is 0. The number of benzene rings is 1. The maximum Gasteiger partial charge on any atom is 0.161 e. The average molecular weight is 279 g/mol. The average Bonchev–Trinajstić information content (AvgIpc) is 2.49. The van der Waals surface area contributed by atoms with Gasteiger partial charge in [0, 0.05) is 27.9 Å². The highest BCUT2D eigenvalue weighted by molar-refractivity contribution is 5.83. The fourth-order valence-electron chi connectivity index (χ4n) is 2.27. The molecule has 0 aliphatic rings. The predicted octanol–water partition coefficient (Wildman–Crippen LogP) is 2.90. The van der Waals surface area contributed by atoms with Crippen LogP contribution in [0.25, 0.3) is 22.3 Å². The Hall–Kier alpha value is -2.53. The molecule has 0 aliphatic carbocycles. The number of nitrogens with two attached hydrogens (primary N) is 1. The highest BCUT2D eigenvalue weighted by Crippen LogP contribution is 2.24. The molecule has 2 aromatic heterocycles. The summed E-state index contributed by atoms with van der Waals surface area (Å²) >= 11 is 0. The zero-order chi connectivity index (χ0) is 15.0. The Labute approximate surface area is 123 Å². The van der Waals surface area contributed by atoms with Crippen molar-refractivity contribution in [3.05, 3.63) is 47.3 Å². The lowest BCUT2D eigenvalue weighted by molar-refractivity contribution is 1.06. The molecule has 5 nitrogen and oxygen atoms in total. The van der Waals surface area contributed by atoms with Gasteiger partial charge in [0.1, 0.15) is 5.82 Å². The first-order valence-electron chi connectivity index (χ1n) is 6.78. The zero-order valence-electron chi connectivity index (χ0n) is 12.3. The van der Waals surface area contributed by atoms with E-state index in [1.807, 2.05) is 45.0 Å². The fraction of sp³-hybridized carbons (Fsp3) is 0.188. The highest BCUT2D eigenvalue weighted by Gasteiger charge is 2.09. The lowest BCUT2D eigenvalue weighted by Gasteiger charge is -2.10. The molecule has 0 radical (unpaired) electrons. The Morgan fingerprint density at radius 2 is 1.76 bits per heavy atom. The molecule has 106 valence electrons. The van der Waals surface area contributed by atoms with Gasteiger partial charge in [-0.3, -0.25) is 4.98 Å². The molecular weight excluding hydrogens is 262 g/mol. The van der Waals surface area contributed by atoms with Crippen LogP contribution in [-0.2, 0) is 0 Å². The van der Waals surface area contributed by atoms with Gasteiger partial charge in [0.05, 0.1) is 5.52 Å². The first-order valence-corrected chi connectivity index (χ1v) is 6.78. The largest absolute Gasteiger partial charge is 0.308 e. The van der Waals surface area contributed by atoms with Gasteiger partial charge in [-0.05, 0) is 45.0 Å². The molecule has 5 heteroatoms. The van der Waals surface area contributed by atoms with Crippen LogP contribution < -0.4 is 11.3 Å². The number of pyridine rings is 1. The van der Waals surface area contributed by atoms with E-state index in [9.17, 15) is 0 Å². The minimum absolute atomic E-state index is 0.652.